The van der Waals surface area contributed by atoms with Gasteiger partial charge in [-0.05, 0) is 32.4 Å². The quantitative estimate of drug-likeness (QED) is 0.423. The fourth-order valence-corrected chi connectivity index (χ4v) is 1.19. The van der Waals surface area contributed by atoms with Crippen molar-refractivity contribution in [1.82, 2.24) is 0 Å². The average Bonchev–Trinajstić information content (AvgIpc) is 2.14. The third-order valence-electron chi connectivity index (χ3n) is 2.55. The van der Waals surface area contributed by atoms with Crippen molar-refractivity contribution in [3.63, 3.8) is 0 Å². The Morgan fingerprint density at radius 1 is 1.31 bits per heavy atom. The summed E-state index contributed by atoms with van der Waals surface area (Å²) >= 11 is 0. The summed E-state index contributed by atoms with van der Waals surface area (Å²) in [5, 5.41) is 0. The molecule has 0 rings (SSSR count). The van der Waals surface area contributed by atoms with Gasteiger partial charge in [0, 0.05) is 6.04 Å². The SMILES string of the molecule is BCC(C)CCC(C)/N=C/CCC. The number of nitrogens with zero attached hydrogens (tertiary/aromatic N) is 1. The first-order valence-corrected chi connectivity index (χ1v) is 5.72. The molecule has 0 fully saturated rings. The highest BCUT2D eigenvalue weighted by Gasteiger charge is 2.02. The van der Waals surface area contributed by atoms with Crippen LogP contribution in [0, 0.1) is 5.92 Å². The van der Waals surface area contributed by atoms with Gasteiger partial charge in [0.15, 0.2) is 0 Å². The van der Waals surface area contributed by atoms with Crippen LogP contribution in [-0.2, 0) is 0 Å². The molecular formula is C11H24BN. The van der Waals surface area contributed by atoms with Gasteiger partial charge >= 0.3 is 0 Å². The van der Waals surface area contributed by atoms with E-state index in [1.807, 2.05) is 0 Å². The zero-order valence-electron chi connectivity index (χ0n) is 9.71. The molecule has 0 amide bonds. The maximum atomic E-state index is 4.50. The lowest BCUT2D eigenvalue weighted by molar-refractivity contribution is 0.516. The van der Waals surface area contributed by atoms with Crippen LogP contribution in [0.25, 0.3) is 0 Å². The van der Waals surface area contributed by atoms with Crippen molar-refractivity contribution < 1.29 is 0 Å². The Bertz CT molecular complexity index is 134. The van der Waals surface area contributed by atoms with Gasteiger partial charge in [-0.2, -0.15) is 0 Å². The average molecular weight is 181 g/mol. The molecule has 0 spiro atoms. The van der Waals surface area contributed by atoms with E-state index < -0.39 is 0 Å². The van der Waals surface area contributed by atoms with Crippen molar-refractivity contribution in [1.29, 1.82) is 0 Å². The van der Waals surface area contributed by atoms with Crippen molar-refractivity contribution in [2.45, 2.75) is 58.8 Å². The Morgan fingerprint density at radius 2 is 2.00 bits per heavy atom. The summed E-state index contributed by atoms with van der Waals surface area (Å²) in [6.07, 6.45) is 8.29. The van der Waals surface area contributed by atoms with Crippen molar-refractivity contribution >= 4 is 14.1 Å². The van der Waals surface area contributed by atoms with Gasteiger partial charge in [0.25, 0.3) is 0 Å². The number of aliphatic imine (C=N–C) groups is 1. The second-order valence-electron chi connectivity index (χ2n) is 4.06. The first-order chi connectivity index (χ1) is 6.20. The number of unbranched alkanes of at least 4 members (excludes halogenated alkanes) is 1. The largest absolute Gasteiger partial charge is 0.295 e. The first kappa shape index (κ1) is 12.7. The smallest absolute Gasteiger partial charge is 0.101 e. The van der Waals surface area contributed by atoms with Crippen LogP contribution in [0.15, 0.2) is 4.99 Å². The molecule has 13 heavy (non-hydrogen) atoms. The molecule has 0 aliphatic rings. The molecule has 0 saturated carbocycles. The highest BCUT2D eigenvalue weighted by atomic mass is 14.7. The molecule has 2 unspecified atom stereocenters. The first-order valence-electron chi connectivity index (χ1n) is 5.72. The molecule has 0 N–H and O–H groups in total. The molecule has 0 aromatic heterocycles. The number of hydrogen-bond donors (Lipinski definition) is 0. The van der Waals surface area contributed by atoms with E-state index in [1.54, 1.807) is 0 Å². The lowest BCUT2D eigenvalue weighted by Crippen LogP contribution is -2.02. The predicted octanol–water partition coefficient (Wildman–Crippen LogP) is 2.71. The molecule has 0 aliphatic carbocycles. The van der Waals surface area contributed by atoms with E-state index in [-0.39, 0.29) is 0 Å². The van der Waals surface area contributed by atoms with Gasteiger partial charge in [-0.1, -0.05) is 32.5 Å². The van der Waals surface area contributed by atoms with Crippen molar-refractivity contribution in [3.05, 3.63) is 0 Å². The second kappa shape index (κ2) is 8.34. The molecule has 76 valence electrons. The Labute approximate surface area is 84.4 Å². The van der Waals surface area contributed by atoms with E-state index >= 15 is 0 Å². The fraction of sp³-hybridized carbons (Fsp3) is 0.909. The summed E-state index contributed by atoms with van der Waals surface area (Å²) in [4.78, 5) is 4.50. The van der Waals surface area contributed by atoms with Crippen LogP contribution in [0.4, 0.5) is 0 Å². The maximum absolute atomic E-state index is 4.50. The van der Waals surface area contributed by atoms with Gasteiger partial charge in [-0.3, -0.25) is 4.99 Å². The van der Waals surface area contributed by atoms with Gasteiger partial charge in [-0.15, -0.1) is 0 Å². The lowest BCUT2D eigenvalue weighted by atomic mass is 9.88. The van der Waals surface area contributed by atoms with Crippen LogP contribution in [0.2, 0.25) is 6.32 Å². The molecular weight excluding hydrogens is 157 g/mol. The summed E-state index contributed by atoms with van der Waals surface area (Å²) in [7, 11) is 2.26. The normalized spacial score (nSPS) is 16.2. The Kier molecular flexibility index (Phi) is 8.17. The minimum Gasteiger partial charge on any atom is -0.295 e. The highest BCUT2D eigenvalue weighted by molar-refractivity contribution is 6.08. The predicted molar refractivity (Wildman–Crippen MR) is 64.6 cm³/mol. The minimum atomic E-state index is 0.528. The second-order valence-corrected chi connectivity index (χ2v) is 4.06. The van der Waals surface area contributed by atoms with E-state index in [0.717, 1.165) is 12.3 Å². The molecule has 0 aromatic carbocycles. The minimum absolute atomic E-state index is 0.528. The zero-order chi connectivity index (χ0) is 10.1. The molecule has 1 nitrogen and oxygen atoms in total. The maximum Gasteiger partial charge on any atom is 0.101 e. The summed E-state index contributed by atoms with van der Waals surface area (Å²) in [5.74, 6) is 0.865. The number of hydrogen-bond acceptors (Lipinski definition) is 1. The van der Waals surface area contributed by atoms with Gasteiger partial charge in [0.2, 0.25) is 0 Å². The van der Waals surface area contributed by atoms with Gasteiger partial charge in [-0.25, -0.2) is 0 Å². The van der Waals surface area contributed by atoms with E-state index in [1.165, 1.54) is 25.6 Å². The standard InChI is InChI=1S/C11H24BN/c1-4-5-8-13-11(3)7-6-10(2)9-12/h8,10-11H,4-7,9,12H2,1-3H3/b13-8+. The van der Waals surface area contributed by atoms with Crippen molar-refractivity contribution in [3.8, 4) is 0 Å². The summed E-state index contributed by atoms with van der Waals surface area (Å²) in [6.45, 7) is 6.73. The Hall–Kier alpha value is -0.265. The molecule has 0 radical (unpaired) electrons. The third kappa shape index (κ3) is 8.08. The van der Waals surface area contributed by atoms with Gasteiger partial charge < -0.3 is 0 Å². The van der Waals surface area contributed by atoms with Crippen LogP contribution in [0.5, 0.6) is 0 Å². The number of rotatable bonds is 7. The lowest BCUT2D eigenvalue weighted by Gasteiger charge is -2.10. The van der Waals surface area contributed by atoms with Crippen molar-refractivity contribution in [2.75, 3.05) is 0 Å². The summed E-state index contributed by atoms with van der Waals surface area (Å²) in [6, 6.07) is 0.528. The van der Waals surface area contributed by atoms with Crippen molar-refractivity contribution in [2.24, 2.45) is 10.9 Å². The monoisotopic (exact) mass is 181 g/mol. The topological polar surface area (TPSA) is 12.4 Å². The molecule has 0 aliphatic heterocycles. The molecule has 2 heteroatoms. The zero-order valence-corrected chi connectivity index (χ0v) is 9.71. The van der Waals surface area contributed by atoms with E-state index in [2.05, 4.69) is 39.8 Å². The van der Waals surface area contributed by atoms with E-state index in [9.17, 15) is 0 Å². The summed E-state index contributed by atoms with van der Waals surface area (Å²) in [5.41, 5.74) is 0. The molecule has 0 bridgehead atoms. The molecule has 0 heterocycles. The third-order valence-corrected chi connectivity index (χ3v) is 2.55. The van der Waals surface area contributed by atoms with E-state index in [0.29, 0.717) is 6.04 Å². The van der Waals surface area contributed by atoms with Crippen LogP contribution >= 0.6 is 0 Å². The summed E-state index contributed by atoms with van der Waals surface area (Å²) < 4.78 is 0. The van der Waals surface area contributed by atoms with E-state index in [4.69, 9.17) is 0 Å². The van der Waals surface area contributed by atoms with Crippen LogP contribution in [-0.4, -0.2) is 20.1 Å². The highest BCUT2D eigenvalue weighted by Crippen LogP contribution is 2.12. The Balaban J connectivity index is 3.44. The fourth-order valence-electron chi connectivity index (χ4n) is 1.19. The van der Waals surface area contributed by atoms with Crippen LogP contribution in [0.3, 0.4) is 0 Å². The molecule has 0 saturated heterocycles. The molecule has 0 aromatic rings. The Morgan fingerprint density at radius 3 is 2.54 bits per heavy atom. The van der Waals surface area contributed by atoms with Gasteiger partial charge in [0.1, 0.15) is 7.85 Å². The van der Waals surface area contributed by atoms with Crippen LogP contribution in [0.1, 0.15) is 46.5 Å². The van der Waals surface area contributed by atoms with Gasteiger partial charge in [0.05, 0.1) is 0 Å². The molecule has 2 atom stereocenters. The van der Waals surface area contributed by atoms with Crippen LogP contribution < -0.4 is 0 Å².